The Kier molecular flexibility index (Phi) is 6.84. The number of hydrogen-bond donors (Lipinski definition) is 1. The van der Waals surface area contributed by atoms with Crippen molar-refractivity contribution in [3.63, 3.8) is 0 Å². The summed E-state index contributed by atoms with van der Waals surface area (Å²) in [5.74, 6) is 1.02. The van der Waals surface area contributed by atoms with Crippen molar-refractivity contribution in [2.75, 3.05) is 37.8 Å². The summed E-state index contributed by atoms with van der Waals surface area (Å²) in [6.45, 7) is 5.16. The lowest BCUT2D eigenvalue weighted by Crippen LogP contribution is -2.48. The van der Waals surface area contributed by atoms with E-state index in [9.17, 15) is 4.79 Å². The molecule has 5 heteroatoms. The Balaban J connectivity index is 2.19. The number of rotatable bonds is 7. The third-order valence-corrected chi connectivity index (χ3v) is 3.71. The van der Waals surface area contributed by atoms with E-state index in [1.54, 1.807) is 11.8 Å². The number of nitrogens with zero attached hydrogens (tertiary/aromatic N) is 1. The molecule has 1 heterocycles. The van der Waals surface area contributed by atoms with Crippen molar-refractivity contribution in [2.45, 2.75) is 25.8 Å². The van der Waals surface area contributed by atoms with Gasteiger partial charge in [-0.05, 0) is 6.42 Å². The summed E-state index contributed by atoms with van der Waals surface area (Å²) in [5, 5.41) is 9.05. The Hall–Kier alpha value is -0.260. The highest BCUT2D eigenvalue weighted by molar-refractivity contribution is 7.99. The topological polar surface area (TPSA) is 49.8 Å². The third-order valence-electron chi connectivity index (χ3n) is 2.69. The second-order valence-corrected chi connectivity index (χ2v) is 5.08. The second kappa shape index (κ2) is 7.92. The van der Waals surface area contributed by atoms with Crippen molar-refractivity contribution in [3.05, 3.63) is 0 Å². The molecule has 1 fully saturated rings. The lowest BCUT2D eigenvalue weighted by Gasteiger charge is -2.32. The molecule has 0 aromatic rings. The lowest BCUT2D eigenvalue weighted by molar-refractivity contribution is -0.142. The van der Waals surface area contributed by atoms with Crippen LogP contribution in [-0.2, 0) is 9.53 Å². The largest absolute Gasteiger partial charge is 0.480 e. The zero-order chi connectivity index (χ0) is 11.8. The molecule has 0 bridgehead atoms. The highest BCUT2D eigenvalue weighted by atomic mass is 32.2. The molecule has 0 aromatic heterocycles. The summed E-state index contributed by atoms with van der Waals surface area (Å²) in [5.41, 5.74) is 0. The van der Waals surface area contributed by atoms with E-state index in [2.05, 4.69) is 6.92 Å². The maximum atomic E-state index is 11.0. The van der Waals surface area contributed by atoms with E-state index in [0.29, 0.717) is 12.4 Å². The van der Waals surface area contributed by atoms with Gasteiger partial charge in [-0.1, -0.05) is 13.3 Å². The Bertz CT molecular complexity index is 213. The van der Waals surface area contributed by atoms with E-state index in [1.807, 2.05) is 4.90 Å². The van der Waals surface area contributed by atoms with Gasteiger partial charge < -0.3 is 9.84 Å². The molecule has 1 atom stereocenters. The standard InChI is InChI=1S/C11H21NO3S/c1-2-3-6-15-7-4-12-5-8-16-9-10(12)11(13)14/h10H,2-9H2,1H3,(H,13,14). The molecule has 1 saturated heterocycles. The predicted octanol–water partition coefficient (Wildman–Crippen LogP) is 1.31. The van der Waals surface area contributed by atoms with Gasteiger partial charge in [0.15, 0.2) is 0 Å². The number of carboxylic acids is 1. The molecular weight excluding hydrogens is 226 g/mol. The number of hydrogen-bond acceptors (Lipinski definition) is 4. The molecule has 0 amide bonds. The Morgan fingerprint density at radius 1 is 1.56 bits per heavy atom. The molecule has 0 saturated carbocycles. The van der Waals surface area contributed by atoms with Gasteiger partial charge >= 0.3 is 5.97 Å². The molecule has 0 aliphatic carbocycles. The van der Waals surface area contributed by atoms with E-state index < -0.39 is 5.97 Å². The first-order valence-corrected chi connectivity index (χ1v) is 7.03. The zero-order valence-corrected chi connectivity index (χ0v) is 10.7. The number of thioether (sulfide) groups is 1. The summed E-state index contributed by atoms with van der Waals surface area (Å²) in [6.07, 6.45) is 2.22. The fraction of sp³-hybridized carbons (Fsp3) is 0.909. The maximum Gasteiger partial charge on any atom is 0.321 e. The van der Waals surface area contributed by atoms with Crippen LogP contribution in [0.15, 0.2) is 0 Å². The molecular formula is C11H21NO3S. The quantitative estimate of drug-likeness (QED) is 0.687. The molecule has 0 spiro atoms. The van der Waals surface area contributed by atoms with Crippen molar-refractivity contribution in [1.29, 1.82) is 0 Å². The minimum Gasteiger partial charge on any atom is -0.480 e. The van der Waals surface area contributed by atoms with Crippen LogP contribution < -0.4 is 0 Å². The highest BCUT2D eigenvalue weighted by Gasteiger charge is 2.28. The third kappa shape index (κ3) is 4.72. The molecule has 1 aliphatic heterocycles. The number of carboxylic acid groups (broad SMARTS) is 1. The van der Waals surface area contributed by atoms with E-state index in [-0.39, 0.29) is 6.04 Å². The van der Waals surface area contributed by atoms with Gasteiger partial charge in [-0.25, -0.2) is 0 Å². The summed E-state index contributed by atoms with van der Waals surface area (Å²) in [6, 6.07) is -0.325. The van der Waals surface area contributed by atoms with Gasteiger partial charge in [0.1, 0.15) is 6.04 Å². The molecule has 1 unspecified atom stereocenters. The van der Waals surface area contributed by atoms with Crippen molar-refractivity contribution in [1.82, 2.24) is 4.90 Å². The SMILES string of the molecule is CCCCOCCN1CCSCC1C(=O)O. The van der Waals surface area contributed by atoms with Gasteiger partial charge in [-0.2, -0.15) is 11.8 Å². The van der Waals surface area contributed by atoms with Crippen LogP contribution in [0.25, 0.3) is 0 Å². The number of ether oxygens (including phenoxy) is 1. The molecule has 0 aromatic carbocycles. The fourth-order valence-corrected chi connectivity index (χ4v) is 2.77. The summed E-state index contributed by atoms with van der Waals surface area (Å²) in [7, 11) is 0. The van der Waals surface area contributed by atoms with Crippen LogP contribution in [0.1, 0.15) is 19.8 Å². The Morgan fingerprint density at radius 2 is 2.38 bits per heavy atom. The average molecular weight is 247 g/mol. The smallest absolute Gasteiger partial charge is 0.321 e. The van der Waals surface area contributed by atoms with Gasteiger partial charge in [0.2, 0.25) is 0 Å². The minimum absolute atomic E-state index is 0.325. The van der Waals surface area contributed by atoms with Crippen LogP contribution in [-0.4, -0.2) is 59.8 Å². The Labute approximate surface area is 101 Å². The monoisotopic (exact) mass is 247 g/mol. The number of carbonyl (C=O) groups is 1. The van der Waals surface area contributed by atoms with Crippen LogP contribution >= 0.6 is 11.8 Å². The van der Waals surface area contributed by atoms with Gasteiger partial charge in [0.25, 0.3) is 0 Å². The van der Waals surface area contributed by atoms with Gasteiger partial charge in [0.05, 0.1) is 6.61 Å². The van der Waals surface area contributed by atoms with Crippen molar-refractivity contribution in [3.8, 4) is 0 Å². The normalized spacial score (nSPS) is 22.2. The first-order chi connectivity index (χ1) is 7.75. The van der Waals surface area contributed by atoms with E-state index in [4.69, 9.17) is 9.84 Å². The van der Waals surface area contributed by atoms with Crippen LogP contribution in [0.2, 0.25) is 0 Å². The molecule has 94 valence electrons. The second-order valence-electron chi connectivity index (χ2n) is 3.93. The van der Waals surface area contributed by atoms with Crippen LogP contribution in [0.3, 0.4) is 0 Å². The maximum absolute atomic E-state index is 11.0. The minimum atomic E-state index is -0.708. The zero-order valence-electron chi connectivity index (χ0n) is 9.85. The molecule has 0 radical (unpaired) electrons. The van der Waals surface area contributed by atoms with E-state index in [1.165, 1.54) is 0 Å². The van der Waals surface area contributed by atoms with Crippen LogP contribution in [0.5, 0.6) is 0 Å². The highest BCUT2D eigenvalue weighted by Crippen LogP contribution is 2.16. The van der Waals surface area contributed by atoms with Crippen molar-refractivity contribution in [2.24, 2.45) is 0 Å². The number of aliphatic carboxylic acids is 1. The van der Waals surface area contributed by atoms with Crippen LogP contribution in [0.4, 0.5) is 0 Å². The van der Waals surface area contributed by atoms with E-state index in [0.717, 1.165) is 38.3 Å². The summed E-state index contributed by atoms with van der Waals surface area (Å²) >= 11 is 1.72. The molecule has 1 rings (SSSR count). The first kappa shape index (κ1) is 13.8. The first-order valence-electron chi connectivity index (χ1n) is 5.88. The molecule has 1 aliphatic rings. The molecule has 4 nitrogen and oxygen atoms in total. The van der Waals surface area contributed by atoms with Crippen molar-refractivity contribution >= 4 is 17.7 Å². The van der Waals surface area contributed by atoms with Crippen LogP contribution in [0, 0.1) is 0 Å². The summed E-state index contributed by atoms with van der Waals surface area (Å²) < 4.78 is 5.46. The van der Waals surface area contributed by atoms with Gasteiger partial charge in [-0.3, -0.25) is 9.69 Å². The number of unbranched alkanes of at least 4 members (excludes halogenated alkanes) is 1. The lowest BCUT2D eigenvalue weighted by atomic mass is 10.3. The average Bonchev–Trinajstić information content (AvgIpc) is 2.29. The fourth-order valence-electron chi connectivity index (χ4n) is 1.66. The predicted molar refractivity (Wildman–Crippen MR) is 66.0 cm³/mol. The van der Waals surface area contributed by atoms with Gasteiger partial charge in [0, 0.05) is 31.2 Å². The Morgan fingerprint density at radius 3 is 3.06 bits per heavy atom. The molecule has 16 heavy (non-hydrogen) atoms. The summed E-state index contributed by atoms with van der Waals surface area (Å²) in [4.78, 5) is 13.0. The van der Waals surface area contributed by atoms with Gasteiger partial charge in [-0.15, -0.1) is 0 Å². The molecule has 1 N–H and O–H groups in total. The van der Waals surface area contributed by atoms with Crippen molar-refractivity contribution < 1.29 is 14.6 Å². The van der Waals surface area contributed by atoms with E-state index >= 15 is 0 Å².